The summed E-state index contributed by atoms with van der Waals surface area (Å²) in [5.74, 6) is 0. The fourth-order valence-electron chi connectivity index (χ4n) is 6.27. The second-order valence-corrected chi connectivity index (χ2v) is 10.8. The number of hydrogen-bond acceptors (Lipinski definition) is 0. The van der Waals surface area contributed by atoms with E-state index < -0.39 is 0 Å². The third-order valence-corrected chi connectivity index (χ3v) is 8.23. The van der Waals surface area contributed by atoms with Crippen LogP contribution in [-0.2, 0) is 6.42 Å². The first kappa shape index (κ1) is 23.7. The van der Waals surface area contributed by atoms with Crippen LogP contribution in [0.15, 0.2) is 127 Å². The number of fused-ring (bicyclic) bond motifs is 4. The predicted molar refractivity (Wildman–Crippen MR) is 171 cm³/mol. The Morgan fingerprint density at radius 1 is 0.410 bits per heavy atom. The van der Waals surface area contributed by atoms with Gasteiger partial charge < -0.3 is 0 Å². The van der Waals surface area contributed by atoms with Crippen molar-refractivity contribution < 1.29 is 0 Å². The number of unbranched alkanes of at least 4 members (excludes halogenated alkanes) is 2. The molecule has 0 unspecified atom stereocenters. The van der Waals surface area contributed by atoms with E-state index in [1.165, 1.54) is 90.2 Å². The molecule has 0 N–H and O–H groups in total. The average molecular weight is 501 g/mol. The molecule has 0 saturated carbocycles. The molecule has 0 fully saturated rings. The minimum Gasteiger partial charge on any atom is -0.0654 e. The van der Waals surface area contributed by atoms with E-state index >= 15 is 0 Å². The van der Waals surface area contributed by atoms with Crippen LogP contribution in [0.3, 0.4) is 0 Å². The van der Waals surface area contributed by atoms with Crippen LogP contribution in [0, 0.1) is 0 Å². The molecule has 0 heteroatoms. The first-order valence-electron chi connectivity index (χ1n) is 14.3. The van der Waals surface area contributed by atoms with E-state index in [0.29, 0.717) is 0 Å². The first-order chi connectivity index (χ1) is 19.3. The van der Waals surface area contributed by atoms with Gasteiger partial charge in [-0.2, -0.15) is 0 Å². The maximum atomic E-state index is 2.48. The zero-order valence-corrected chi connectivity index (χ0v) is 22.5. The molecule has 7 aromatic rings. The second kappa shape index (κ2) is 10.0. The summed E-state index contributed by atoms with van der Waals surface area (Å²) >= 11 is 0. The molecule has 0 aliphatic rings. The maximum absolute atomic E-state index is 2.48. The number of rotatable bonds is 6. The summed E-state index contributed by atoms with van der Waals surface area (Å²) in [6, 6.07) is 47.4. The Hall–Kier alpha value is -4.42. The second-order valence-electron chi connectivity index (χ2n) is 10.8. The maximum Gasteiger partial charge on any atom is -0.00261 e. The summed E-state index contributed by atoms with van der Waals surface area (Å²) in [5, 5.41) is 10.4. The van der Waals surface area contributed by atoms with Crippen molar-refractivity contribution >= 4 is 43.1 Å². The molecule has 0 aliphatic carbocycles. The molecular formula is C39H32. The van der Waals surface area contributed by atoms with Crippen molar-refractivity contribution in [2.45, 2.75) is 32.6 Å². The predicted octanol–water partition coefficient (Wildman–Crippen LogP) is 11.4. The van der Waals surface area contributed by atoms with E-state index in [4.69, 9.17) is 0 Å². The van der Waals surface area contributed by atoms with Crippen LogP contribution in [-0.4, -0.2) is 0 Å². The fourth-order valence-corrected chi connectivity index (χ4v) is 6.27. The molecule has 0 saturated heterocycles. The lowest BCUT2D eigenvalue weighted by atomic mass is 9.84. The number of hydrogen-bond donors (Lipinski definition) is 0. The Morgan fingerprint density at radius 3 is 1.51 bits per heavy atom. The van der Waals surface area contributed by atoms with Gasteiger partial charge in [0.15, 0.2) is 0 Å². The van der Waals surface area contributed by atoms with E-state index in [-0.39, 0.29) is 0 Å². The van der Waals surface area contributed by atoms with Crippen LogP contribution in [0.2, 0.25) is 0 Å². The summed E-state index contributed by atoms with van der Waals surface area (Å²) in [6.07, 6.45) is 4.87. The summed E-state index contributed by atoms with van der Waals surface area (Å²) in [7, 11) is 0. The molecule has 7 aromatic carbocycles. The van der Waals surface area contributed by atoms with Gasteiger partial charge in [0.2, 0.25) is 0 Å². The SMILES string of the molecule is CCCCCc1ccc2c(-c3ccc4ccccc4c3)c3ccccc3c(-c3ccc4ccccc4c3)c2c1. The Kier molecular flexibility index (Phi) is 6.10. The zero-order chi connectivity index (χ0) is 26.2. The highest BCUT2D eigenvalue weighted by molar-refractivity contribution is 6.22. The van der Waals surface area contributed by atoms with Crippen molar-refractivity contribution in [3.63, 3.8) is 0 Å². The zero-order valence-electron chi connectivity index (χ0n) is 22.5. The highest BCUT2D eigenvalue weighted by atomic mass is 14.2. The van der Waals surface area contributed by atoms with E-state index in [2.05, 4.69) is 134 Å². The van der Waals surface area contributed by atoms with Gasteiger partial charge in [-0.05, 0) is 95.9 Å². The van der Waals surface area contributed by atoms with Crippen LogP contribution in [0.5, 0.6) is 0 Å². The lowest BCUT2D eigenvalue weighted by Crippen LogP contribution is -1.93. The van der Waals surface area contributed by atoms with E-state index in [1.807, 2.05) is 0 Å². The van der Waals surface area contributed by atoms with Gasteiger partial charge in [-0.1, -0.05) is 135 Å². The Labute approximate surface area is 230 Å². The normalized spacial score (nSPS) is 11.6. The van der Waals surface area contributed by atoms with Crippen LogP contribution in [0.1, 0.15) is 31.7 Å². The van der Waals surface area contributed by atoms with Crippen LogP contribution < -0.4 is 0 Å². The third-order valence-electron chi connectivity index (χ3n) is 8.23. The minimum atomic E-state index is 1.12. The summed E-state index contributed by atoms with van der Waals surface area (Å²) in [4.78, 5) is 0. The molecule has 0 aromatic heterocycles. The molecule has 39 heavy (non-hydrogen) atoms. The first-order valence-corrected chi connectivity index (χ1v) is 14.3. The minimum absolute atomic E-state index is 1.12. The molecule has 7 rings (SSSR count). The van der Waals surface area contributed by atoms with Gasteiger partial charge in [0.25, 0.3) is 0 Å². The van der Waals surface area contributed by atoms with E-state index in [1.54, 1.807) is 0 Å². The lowest BCUT2D eigenvalue weighted by Gasteiger charge is -2.19. The van der Waals surface area contributed by atoms with Crippen LogP contribution in [0.25, 0.3) is 65.3 Å². The van der Waals surface area contributed by atoms with Crippen LogP contribution in [0.4, 0.5) is 0 Å². The van der Waals surface area contributed by atoms with Crippen molar-refractivity contribution in [3.05, 3.63) is 133 Å². The van der Waals surface area contributed by atoms with Gasteiger partial charge >= 0.3 is 0 Å². The molecule has 0 nitrogen and oxygen atoms in total. The molecule has 0 bridgehead atoms. The molecule has 0 atom stereocenters. The average Bonchev–Trinajstić information content (AvgIpc) is 2.99. The van der Waals surface area contributed by atoms with Gasteiger partial charge in [-0.3, -0.25) is 0 Å². The Balaban J connectivity index is 1.56. The largest absolute Gasteiger partial charge is 0.0654 e. The lowest BCUT2D eigenvalue weighted by molar-refractivity contribution is 0.718. The molecule has 0 heterocycles. The van der Waals surface area contributed by atoms with E-state index in [0.717, 1.165) is 6.42 Å². The summed E-state index contributed by atoms with van der Waals surface area (Å²) < 4.78 is 0. The number of aryl methyl sites for hydroxylation is 1. The third kappa shape index (κ3) is 4.27. The van der Waals surface area contributed by atoms with Gasteiger partial charge in [0.1, 0.15) is 0 Å². The quantitative estimate of drug-likeness (QED) is 0.157. The highest BCUT2D eigenvalue weighted by Gasteiger charge is 2.17. The van der Waals surface area contributed by atoms with Gasteiger partial charge in [-0.25, -0.2) is 0 Å². The van der Waals surface area contributed by atoms with E-state index in [9.17, 15) is 0 Å². The Bertz CT molecular complexity index is 1970. The fraction of sp³-hybridized carbons (Fsp3) is 0.128. The smallest absolute Gasteiger partial charge is 0.00261 e. The topological polar surface area (TPSA) is 0 Å². The van der Waals surface area contributed by atoms with Gasteiger partial charge in [0.05, 0.1) is 0 Å². The monoisotopic (exact) mass is 500 g/mol. The van der Waals surface area contributed by atoms with Gasteiger partial charge in [-0.15, -0.1) is 0 Å². The van der Waals surface area contributed by atoms with Crippen molar-refractivity contribution in [1.82, 2.24) is 0 Å². The van der Waals surface area contributed by atoms with Gasteiger partial charge in [0, 0.05) is 0 Å². The van der Waals surface area contributed by atoms with Crippen LogP contribution >= 0.6 is 0 Å². The summed E-state index contributed by atoms with van der Waals surface area (Å²) in [5.41, 5.74) is 6.66. The molecule has 0 amide bonds. The summed E-state index contributed by atoms with van der Waals surface area (Å²) in [6.45, 7) is 2.28. The highest BCUT2D eigenvalue weighted by Crippen LogP contribution is 2.45. The standard InChI is InChI=1S/C39H32/c1-2-3-4-11-27-18-23-36-37(24-27)39(33-22-20-29-13-6-8-15-31(29)26-33)35-17-10-9-16-34(35)38(36)32-21-19-28-12-5-7-14-30(28)25-32/h5-10,12-26H,2-4,11H2,1H3. The van der Waals surface area contributed by atoms with Crippen molar-refractivity contribution in [2.75, 3.05) is 0 Å². The molecule has 188 valence electrons. The van der Waals surface area contributed by atoms with Crippen molar-refractivity contribution in [2.24, 2.45) is 0 Å². The van der Waals surface area contributed by atoms with Crippen molar-refractivity contribution in [3.8, 4) is 22.3 Å². The molecule has 0 aliphatic heterocycles. The molecular weight excluding hydrogens is 468 g/mol. The molecule has 0 radical (unpaired) electrons. The van der Waals surface area contributed by atoms with Crippen molar-refractivity contribution in [1.29, 1.82) is 0 Å². The number of benzene rings is 7. The molecule has 0 spiro atoms. The Morgan fingerprint density at radius 2 is 0.923 bits per heavy atom.